The van der Waals surface area contributed by atoms with E-state index in [9.17, 15) is 0 Å². The second-order valence-corrected chi connectivity index (χ2v) is 3.56. The highest BCUT2D eigenvalue weighted by Gasteiger charge is 2.11. The summed E-state index contributed by atoms with van der Waals surface area (Å²) >= 11 is 0. The lowest BCUT2D eigenvalue weighted by molar-refractivity contribution is 0.916. The van der Waals surface area contributed by atoms with Crippen molar-refractivity contribution in [2.75, 3.05) is 0 Å². The third-order valence-electron chi connectivity index (χ3n) is 2.83. The van der Waals surface area contributed by atoms with Crippen LogP contribution in [-0.2, 0) is 6.42 Å². The summed E-state index contributed by atoms with van der Waals surface area (Å²) in [5.74, 6) is 0. The largest absolute Gasteiger partial charge is 0.0695 e. The molecule has 0 amide bonds. The minimum Gasteiger partial charge on any atom is -0.0695 e. The van der Waals surface area contributed by atoms with E-state index < -0.39 is 0 Å². The molecule has 1 aromatic carbocycles. The molecule has 0 aromatic heterocycles. The van der Waals surface area contributed by atoms with E-state index in [2.05, 4.69) is 38.1 Å². The van der Waals surface area contributed by atoms with Crippen LogP contribution >= 0.6 is 0 Å². The van der Waals surface area contributed by atoms with Crippen LogP contribution in [0.2, 0.25) is 0 Å². The van der Waals surface area contributed by atoms with Gasteiger partial charge in [0.1, 0.15) is 0 Å². The maximum absolute atomic E-state index is 2.24. The molecule has 12 heavy (non-hydrogen) atoms. The second kappa shape index (κ2) is 2.78. The first kappa shape index (κ1) is 7.60. The first-order chi connectivity index (χ1) is 5.79. The molecule has 62 valence electrons. The lowest BCUT2D eigenvalue weighted by Crippen LogP contribution is -2.00. The van der Waals surface area contributed by atoms with Gasteiger partial charge in [0, 0.05) is 0 Å². The van der Waals surface area contributed by atoms with Gasteiger partial charge in [0.25, 0.3) is 0 Å². The monoisotopic (exact) mass is 158 g/mol. The van der Waals surface area contributed by atoms with Gasteiger partial charge in [-0.2, -0.15) is 0 Å². The smallest absolute Gasteiger partial charge is 0.0196 e. The molecule has 0 bridgehead atoms. The highest BCUT2D eigenvalue weighted by molar-refractivity contribution is 5.71. The fourth-order valence-electron chi connectivity index (χ4n) is 1.84. The van der Waals surface area contributed by atoms with Crippen molar-refractivity contribution in [1.29, 1.82) is 0 Å². The van der Waals surface area contributed by atoms with Crippen LogP contribution in [0.4, 0.5) is 0 Å². The highest BCUT2D eigenvalue weighted by Crippen LogP contribution is 2.29. The van der Waals surface area contributed by atoms with Crippen LogP contribution in [0.25, 0.3) is 5.57 Å². The molecular weight excluding hydrogens is 144 g/mol. The molecule has 0 atom stereocenters. The topological polar surface area (TPSA) is 0 Å². The molecule has 1 aliphatic rings. The van der Waals surface area contributed by atoms with E-state index in [1.54, 1.807) is 5.57 Å². The van der Waals surface area contributed by atoms with E-state index in [1.807, 2.05) is 0 Å². The van der Waals surface area contributed by atoms with Gasteiger partial charge in [0.15, 0.2) is 0 Å². The van der Waals surface area contributed by atoms with Crippen molar-refractivity contribution in [1.82, 2.24) is 0 Å². The number of hydrogen-bond donors (Lipinski definition) is 0. The Hall–Kier alpha value is -1.04. The molecule has 0 unspecified atom stereocenters. The fourth-order valence-corrected chi connectivity index (χ4v) is 1.84. The number of benzene rings is 1. The summed E-state index contributed by atoms with van der Waals surface area (Å²) < 4.78 is 0. The molecule has 1 aliphatic carbocycles. The van der Waals surface area contributed by atoms with Gasteiger partial charge in [-0.05, 0) is 43.4 Å². The van der Waals surface area contributed by atoms with Crippen molar-refractivity contribution < 1.29 is 0 Å². The zero-order valence-electron chi connectivity index (χ0n) is 7.72. The summed E-state index contributed by atoms with van der Waals surface area (Å²) in [4.78, 5) is 0. The Morgan fingerprint density at radius 3 is 2.58 bits per heavy atom. The Kier molecular flexibility index (Phi) is 1.76. The Balaban J connectivity index is 2.59. The van der Waals surface area contributed by atoms with Crippen molar-refractivity contribution in [2.45, 2.75) is 26.7 Å². The summed E-state index contributed by atoms with van der Waals surface area (Å²) in [5.41, 5.74) is 6.01. The predicted octanol–water partition coefficient (Wildman–Crippen LogP) is 3.43. The molecule has 0 saturated heterocycles. The summed E-state index contributed by atoms with van der Waals surface area (Å²) in [5, 5.41) is 0. The van der Waals surface area contributed by atoms with Crippen molar-refractivity contribution in [3.8, 4) is 0 Å². The minimum absolute atomic E-state index is 1.22. The van der Waals surface area contributed by atoms with Gasteiger partial charge in [-0.3, -0.25) is 0 Å². The summed E-state index contributed by atoms with van der Waals surface area (Å²) in [6.45, 7) is 4.47. The molecule has 0 N–H and O–H groups in total. The van der Waals surface area contributed by atoms with Gasteiger partial charge < -0.3 is 0 Å². The lowest BCUT2D eigenvalue weighted by Gasteiger charge is -2.18. The van der Waals surface area contributed by atoms with E-state index in [4.69, 9.17) is 0 Å². The molecule has 0 radical (unpaired) electrons. The average molecular weight is 158 g/mol. The Labute approximate surface area is 73.9 Å². The fraction of sp³-hybridized carbons (Fsp3) is 0.333. The third kappa shape index (κ3) is 1.08. The number of fused-ring (bicyclic) bond motifs is 1. The van der Waals surface area contributed by atoms with E-state index >= 15 is 0 Å². The van der Waals surface area contributed by atoms with Crippen LogP contribution in [0, 0.1) is 0 Å². The average Bonchev–Trinajstić information content (AvgIpc) is 2.12. The quantitative estimate of drug-likeness (QED) is 0.542. The second-order valence-electron chi connectivity index (χ2n) is 3.56. The molecule has 1 aromatic rings. The number of hydrogen-bond acceptors (Lipinski definition) is 0. The van der Waals surface area contributed by atoms with Crippen LogP contribution < -0.4 is 0 Å². The molecule has 0 spiro atoms. The number of allylic oxidation sites excluding steroid dienone is 2. The van der Waals surface area contributed by atoms with Crippen molar-refractivity contribution >= 4 is 5.57 Å². The lowest BCUT2D eigenvalue weighted by atomic mass is 9.87. The minimum atomic E-state index is 1.22. The molecule has 0 saturated carbocycles. The number of rotatable bonds is 0. The molecule has 0 fully saturated rings. The first-order valence-electron chi connectivity index (χ1n) is 4.53. The van der Waals surface area contributed by atoms with Gasteiger partial charge >= 0.3 is 0 Å². The SMILES string of the molecule is CC1=C(C)c2ccccc2CC1. The molecule has 0 nitrogen and oxygen atoms in total. The molecule has 0 aliphatic heterocycles. The van der Waals surface area contributed by atoms with Gasteiger partial charge in [0.2, 0.25) is 0 Å². The van der Waals surface area contributed by atoms with Gasteiger partial charge in [-0.1, -0.05) is 29.8 Å². The van der Waals surface area contributed by atoms with Crippen LogP contribution in [-0.4, -0.2) is 0 Å². The Morgan fingerprint density at radius 2 is 1.75 bits per heavy atom. The van der Waals surface area contributed by atoms with Crippen LogP contribution in [0.5, 0.6) is 0 Å². The van der Waals surface area contributed by atoms with Crippen molar-refractivity contribution in [3.05, 3.63) is 41.0 Å². The van der Waals surface area contributed by atoms with Crippen molar-refractivity contribution in [2.24, 2.45) is 0 Å². The van der Waals surface area contributed by atoms with Crippen LogP contribution in [0.3, 0.4) is 0 Å². The van der Waals surface area contributed by atoms with Crippen LogP contribution in [0.15, 0.2) is 29.8 Å². The third-order valence-corrected chi connectivity index (χ3v) is 2.83. The predicted molar refractivity (Wildman–Crippen MR) is 53.0 cm³/mol. The zero-order valence-corrected chi connectivity index (χ0v) is 7.72. The molecule has 2 rings (SSSR count). The maximum atomic E-state index is 2.24. The van der Waals surface area contributed by atoms with Gasteiger partial charge in [-0.25, -0.2) is 0 Å². The van der Waals surface area contributed by atoms with Gasteiger partial charge in [0.05, 0.1) is 0 Å². The highest BCUT2D eigenvalue weighted by atomic mass is 14.2. The van der Waals surface area contributed by atoms with Crippen molar-refractivity contribution in [3.63, 3.8) is 0 Å². The zero-order chi connectivity index (χ0) is 8.55. The van der Waals surface area contributed by atoms with E-state index in [1.165, 1.54) is 29.5 Å². The normalized spacial score (nSPS) is 16.2. The Morgan fingerprint density at radius 1 is 1.00 bits per heavy atom. The van der Waals surface area contributed by atoms with Crippen LogP contribution in [0.1, 0.15) is 31.4 Å². The summed E-state index contributed by atoms with van der Waals surface area (Å²) in [6, 6.07) is 8.73. The van der Waals surface area contributed by atoms with E-state index in [0.29, 0.717) is 0 Å². The van der Waals surface area contributed by atoms with Gasteiger partial charge in [-0.15, -0.1) is 0 Å². The standard InChI is InChI=1S/C12H14/c1-9-7-8-11-5-3-4-6-12(11)10(9)2/h3-6H,7-8H2,1-2H3. The molecular formula is C12H14. The summed E-state index contributed by atoms with van der Waals surface area (Å²) in [6.07, 6.45) is 2.46. The number of aryl methyl sites for hydroxylation is 1. The molecule has 0 heteroatoms. The maximum Gasteiger partial charge on any atom is -0.0196 e. The summed E-state index contributed by atoms with van der Waals surface area (Å²) in [7, 11) is 0. The van der Waals surface area contributed by atoms with E-state index in [-0.39, 0.29) is 0 Å². The Bertz CT molecular complexity index is 332. The molecule has 0 heterocycles. The first-order valence-corrected chi connectivity index (χ1v) is 4.53. The van der Waals surface area contributed by atoms with E-state index in [0.717, 1.165) is 0 Å².